The molecule has 0 aromatic heterocycles. The van der Waals surface area contributed by atoms with Crippen LogP contribution in [0.2, 0.25) is 0 Å². The number of nitrogens with one attached hydrogen (secondary N) is 1. The van der Waals surface area contributed by atoms with Gasteiger partial charge in [0.15, 0.2) is 0 Å². The Kier molecular flexibility index (Phi) is 3.95. The van der Waals surface area contributed by atoms with Crippen molar-refractivity contribution in [3.05, 3.63) is 0 Å². The summed E-state index contributed by atoms with van der Waals surface area (Å²) in [5.41, 5.74) is 5.38. The van der Waals surface area contributed by atoms with Gasteiger partial charge in [0.25, 0.3) is 10.1 Å². The van der Waals surface area contributed by atoms with Gasteiger partial charge in [0.1, 0.15) is 5.37 Å². The van der Waals surface area contributed by atoms with Crippen molar-refractivity contribution in [2.45, 2.75) is 31.8 Å². The molecule has 0 heterocycles. The Hall–Kier alpha value is -0.170. The molecule has 0 saturated carbocycles. The van der Waals surface area contributed by atoms with E-state index in [1.54, 1.807) is 0 Å². The van der Waals surface area contributed by atoms with E-state index in [9.17, 15) is 8.42 Å². The van der Waals surface area contributed by atoms with Crippen LogP contribution in [-0.4, -0.2) is 24.5 Å². The molecule has 6 heteroatoms. The van der Waals surface area contributed by atoms with Crippen molar-refractivity contribution in [3.8, 4) is 0 Å². The summed E-state index contributed by atoms with van der Waals surface area (Å²) in [5, 5.41) is 1.51. The lowest BCUT2D eigenvalue weighted by molar-refractivity contribution is 0.430. The highest BCUT2D eigenvalue weighted by molar-refractivity contribution is 7.86. The fraction of sp³-hybridized carbons (Fsp3) is 1.00. The zero-order valence-electron chi connectivity index (χ0n) is 6.61. The maximum atomic E-state index is 10.4. The van der Waals surface area contributed by atoms with E-state index in [1.165, 1.54) is 6.92 Å². The normalized spacial score (nSPS) is 17.8. The minimum atomic E-state index is -4.00. The summed E-state index contributed by atoms with van der Waals surface area (Å²) in [6.07, 6.45) is 0.215. The van der Waals surface area contributed by atoms with E-state index in [0.29, 0.717) is 6.42 Å². The van der Waals surface area contributed by atoms with Gasteiger partial charge in [0, 0.05) is 0 Å². The van der Waals surface area contributed by atoms with Crippen molar-refractivity contribution >= 4 is 10.1 Å². The third-order valence-electron chi connectivity index (χ3n) is 1.34. The average Bonchev–Trinajstić information content (AvgIpc) is 1.85. The van der Waals surface area contributed by atoms with Crippen LogP contribution in [-0.2, 0) is 10.1 Å². The Bertz CT molecular complexity index is 202. The largest absolute Gasteiger partial charge is 0.316 e. The highest BCUT2D eigenvalue weighted by Gasteiger charge is 2.17. The van der Waals surface area contributed by atoms with Crippen molar-refractivity contribution in [1.29, 1.82) is 0 Å². The van der Waals surface area contributed by atoms with E-state index in [4.69, 9.17) is 10.3 Å². The van der Waals surface area contributed by atoms with Gasteiger partial charge in [0.05, 0.1) is 6.17 Å². The SMILES string of the molecule is CCC(N)NC(C)S(=O)(=O)O. The first kappa shape index (κ1) is 10.8. The molecule has 0 radical (unpaired) electrons. The van der Waals surface area contributed by atoms with Crippen molar-refractivity contribution in [1.82, 2.24) is 5.32 Å². The van der Waals surface area contributed by atoms with E-state index in [0.717, 1.165) is 0 Å². The fourth-order valence-electron chi connectivity index (χ4n) is 0.505. The summed E-state index contributed by atoms with van der Waals surface area (Å²) < 4.78 is 29.3. The van der Waals surface area contributed by atoms with E-state index < -0.39 is 21.7 Å². The summed E-state index contributed by atoms with van der Waals surface area (Å²) in [4.78, 5) is 0. The third kappa shape index (κ3) is 4.31. The van der Waals surface area contributed by atoms with Crippen molar-refractivity contribution in [3.63, 3.8) is 0 Å². The second-order valence-electron chi connectivity index (χ2n) is 2.34. The van der Waals surface area contributed by atoms with Gasteiger partial charge in [0.2, 0.25) is 0 Å². The van der Waals surface area contributed by atoms with Gasteiger partial charge in [-0.1, -0.05) is 6.92 Å². The molecule has 0 aromatic carbocycles. The van der Waals surface area contributed by atoms with Crippen LogP contribution in [0.1, 0.15) is 20.3 Å². The van der Waals surface area contributed by atoms with Gasteiger partial charge in [-0.25, -0.2) is 0 Å². The van der Waals surface area contributed by atoms with Gasteiger partial charge in [-0.05, 0) is 13.3 Å². The Morgan fingerprint density at radius 2 is 2.09 bits per heavy atom. The molecule has 0 spiro atoms. The summed E-state index contributed by atoms with van der Waals surface area (Å²) in [7, 11) is -4.00. The number of hydrogen-bond acceptors (Lipinski definition) is 4. The third-order valence-corrected chi connectivity index (χ3v) is 2.37. The number of rotatable bonds is 4. The smallest absolute Gasteiger partial charge is 0.280 e. The molecule has 11 heavy (non-hydrogen) atoms. The van der Waals surface area contributed by atoms with Crippen molar-refractivity contribution in [2.75, 3.05) is 0 Å². The summed E-state index contributed by atoms with van der Waals surface area (Å²) in [6.45, 7) is 3.15. The van der Waals surface area contributed by atoms with Crippen LogP contribution in [0.4, 0.5) is 0 Å². The van der Waals surface area contributed by atoms with Crippen LogP contribution in [0.5, 0.6) is 0 Å². The molecular weight excluding hydrogens is 168 g/mol. The first-order chi connectivity index (χ1) is 4.88. The number of nitrogens with two attached hydrogens (primary N) is 1. The first-order valence-corrected chi connectivity index (χ1v) is 4.86. The Morgan fingerprint density at radius 3 is 2.36 bits per heavy atom. The second kappa shape index (κ2) is 4.01. The first-order valence-electron chi connectivity index (χ1n) is 3.35. The molecule has 2 unspecified atom stereocenters. The fourth-order valence-corrected chi connectivity index (χ4v) is 0.852. The lowest BCUT2D eigenvalue weighted by Crippen LogP contribution is -2.45. The quantitative estimate of drug-likeness (QED) is 0.403. The standard InChI is InChI=1S/C5H14N2O3S/c1-3-5(6)7-4(2)11(8,9)10/h4-5,7H,3,6H2,1-2H3,(H,8,9,10). The van der Waals surface area contributed by atoms with E-state index in [2.05, 4.69) is 5.32 Å². The molecule has 5 nitrogen and oxygen atoms in total. The van der Waals surface area contributed by atoms with E-state index in [1.807, 2.05) is 6.92 Å². The molecule has 0 aliphatic rings. The molecule has 0 fully saturated rings. The van der Waals surface area contributed by atoms with Crippen LogP contribution in [0.25, 0.3) is 0 Å². The zero-order valence-corrected chi connectivity index (χ0v) is 7.43. The average molecular weight is 182 g/mol. The maximum Gasteiger partial charge on any atom is 0.280 e. The van der Waals surface area contributed by atoms with Crippen LogP contribution in [0.3, 0.4) is 0 Å². The Morgan fingerprint density at radius 1 is 1.64 bits per heavy atom. The molecule has 2 atom stereocenters. The molecule has 0 amide bonds. The van der Waals surface area contributed by atoms with Crippen LogP contribution < -0.4 is 11.1 Å². The van der Waals surface area contributed by atoms with Crippen molar-refractivity contribution < 1.29 is 13.0 Å². The van der Waals surface area contributed by atoms with Gasteiger partial charge in [-0.2, -0.15) is 8.42 Å². The number of hydrogen-bond donors (Lipinski definition) is 3. The van der Waals surface area contributed by atoms with Gasteiger partial charge in [-0.15, -0.1) is 0 Å². The lowest BCUT2D eigenvalue weighted by Gasteiger charge is -2.15. The predicted molar refractivity (Wildman–Crippen MR) is 42.4 cm³/mol. The molecule has 0 aromatic rings. The summed E-state index contributed by atoms with van der Waals surface area (Å²) in [5.74, 6) is 0. The lowest BCUT2D eigenvalue weighted by atomic mass is 10.4. The molecule has 0 aliphatic carbocycles. The Labute approximate surface area is 66.7 Å². The highest BCUT2D eigenvalue weighted by Crippen LogP contribution is 1.94. The van der Waals surface area contributed by atoms with Crippen LogP contribution in [0.15, 0.2) is 0 Å². The minimum absolute atomic E-state index is 0.396. The van der Waals surface area contributed by atoms with Crippen LogP contribution in [0, 0.1) is 0 Å². The zero-order chi connectivity index (χ0) is 9.07. The van der Waals surface area contributed by atoms with Gasteiger partial charge in [-0.3, -0.25) is 9.87 Å². The second-order valence-corrected chi connectivity index (χ2v) is 4.08. The maximum absolute atomic E-state index is 10.4. The minimum Gasteiger partial charge on any atom is -0.316 e. The Balaban J connectivity index is 3.98. The molecule has 0 rings (SSSR count). The monoisotopic (exact) mass is 182 g/mol. The van der Waals surface area contributed by atoms with Crippen LogP contribution >= 0.6 is 0 Å². The molecule has 0 saturated heterocycles. The van der Waals surface area contributed by atoms with E-state index in [-0.39, 0.29) is 0 Å². The molecule has 0 bridgehead atoms. The topological polar surface area (TPSA) is 92.4 Å². The van der Waals surface area contributed by atoms with Gasteiger partial charge >= 0.3 is 0 Å². The molecule has 4 N–H and O–H groups in total. The molecular formula is C5H14N2O3S. The summed E-state index contributed by atoms with van der Waals surface area (Å²) in [6, 6.07) is 0. The predicted octanol–water partition coefficient (Wildman–Crippen LogP) is -0.495. The van der Waals surface area contributed by atoms with E-state index >= 15 is 0 Å². The van der Waals surface area contributed by atoms with Gasteiger partial charge < -0.3 is 5.73 Å². The van der Waals surface area contributed by atoms with Crippen molar-refractivity contribution in [2.24, 2.45) is 5.73 Å². The highest BCUT2D eigenvalue weighted by atomic mass is 32.2. The molecule has 0 aliphatic heterocycles. The summed E-state index contributed by atoms with van der Waals surface area (Å²) >= 11 is 0. The molecule has 68 valence electrons.